The molecular weight excluding hydrogens is 515 g/mol. The molecule has 0 unspecified atom stereocenters. The maximum Gasteiger partial charge on any atom is 0.490 e. The van der Waals surface area contributed by atoms with Crippen LogP contribution in [-0.4, -0.2) is 59.1 Å². The number of nitrogen functional groups attached to an aromatic ring is 1. The molecule has 198 valence electrons. The van der Waals surface area contributed by atoms with Gasteiger partial charge in [-0.2, -0.15) is 13.2 Å². The molecule has 1 aliphatic heterocycles. The first kappa shape index (κ1) is 29.2. The molecule has 0 aliphatic carbocycles. The van der Waals surface area contributed by atoms with Gasteiger partial charge in [-0.05, 0) is 17.7 Å². The maximum absolute atomic E-state index is 13.0. The number of amidine groups is 1. The summed E-state index contributed by atoms with van der Waals surface area (Å²) in [6, 6.07) is 13.7. The Morgan fingerprint density at radius 2 is 1.76 bits per heavy atom. The molecule has 2 aromatic rings. The maximum atomic E-state index is 13.0. The Kier molecular flexibility index (Phi) is 10.1. The highest BCUT2D eigenvalue weighted by Crippen LogP contribution is 2.34. The Labute approximate surface area is 213 Å². The Morgan fingerprint density at radius 3 is 2.30 bits per heavy atom. The van der Waals surface area contributed by atoms with Crippen LogP contribution in [0.15, 0.2) is 53.4 Å². The Balaban J connectivity index is 0.000000604. The van der Waals surface area contributed by atoms with E-state index in [1.807, 2.05) is 18.2 Å². The number of anilines is 1. The van der Waals surface area contributed by atoms with Crippen molar-refractivity contribution in [3.05, 3.63) is 59.7 Å². The van der Waals surface area contributed by atoms with Crippen LogP contribution in [0.25, 0.3) is 0 Å². The first-order valence-electron chi connectivity index (χ1n) is 10.6. The third-order valence-electron chi connectivity index (χ3n) is 4.80. The zero-order chi connectivity index (χ0) is 27.8. The van der Waals surface area contributed by atoms with E-state index < -0.39 is 18.2 Å². The van der Waals surface area contributed by atoms with Gasteiger partial charge in [0, 0.05) is 29.7 Å². The van der Waals surface area contributed by atoms with Crippen molar-refractivity contribution < 1.29 is 37.5 Å². The number of nitrogens with one attached hydrogen (secondary N) is 3. The van der Waals surface area contributed by atoms with Crippen molar-refractivity contribution in [3.63, 3.8) is 0 Å². The van der Waals surface area contributed by atoms with Gasteiger partial charge in [0.05, 0.1) is 5.69 Å². The molecule has 1 heterocycles. The Morgan fingerprint density at radius 1 is 1.16 bits per heavy atom. The zero-order valence-corrected chi connectivity index (χ0v) is 20.3. The predicted molar refractivity (Wildman–Crippen MR) is 130 cm³/mol. The standard InChI is InChI=1S/C21H23N5O3S.C2HF3O2/c1-13(27)25-16-12-30-18-5-3-2-4-17(18)26(21(16)29)11-19(28)24-10-14-6-8-15(9-7-14)20(22)23;3-2(4,5)1(6)7/h2-9,16H,10-12H2,1H3,(H3,22,23)(H,24,28)(H,25,27);(H,6,7)/t16-;/m0./s1. The van der Waals surface area contributed by atoms with Crippen LogP contribution in [0.1, 0.15) is 18.1 Å². The average molecular weight is 540 g/mol. The lowest BCUT2D eigenvalue weighted by Gasteiger charge is -2.25. The van der Waals surface area contributed by atoms with Crippen LogP contribution in [0.5, 0.6) is 0 Å². The molecule has 0 aromatic heterocycles. The summed E-state index contributed by atoms with van der Waals surface area (Å²) in [4.78, 5) is 48.3. The first-order valence-corrected chi connectivity index (χ1v) is 11.6. The monoisotopic (exact) mass is 539 g/mol. The van der Waals surface area contributed by atoms with Crippen LogP contribution in [0, 0.1) is 5.41 Å². The van der Waals surface area contributed by atoms with Gasteiger partial charge in [-0.25, -0.2) is 4.79 Å². The quantitative estimate of drug-likeness (QED) is 0.276. The molecule has 14 heteroatoms. The number of benzene rings is 2. The van der Waals surface area contributed by atoms with E-state index >= 15 is 0 Å². The molecule has 0 saturated heterocycles. The van der Waals surface area contributed by atoms with E-state index in [9.17, 15) is 27.6 Å². The number of carbonyl (C=O) groups is 4. The van der Waals surface area contributed by atoms with Crippen LogP contribution >= 0.6 is 11.8 Å². The number of amides is 3. The smallest absolute Gasteiger partial charge is 0.475 e. The number of hydrogen-bond acceptors (Lipinski definition) is 6. The first-order chi connectivity index (χ1) is 17.3. The van der Waals surface area contributed by atoms with Crippen molar-refractivity contribution in [3.8, 4) is 0 Å². The second kappa shape index (κ2) is 12.8. The van der Waals surface area contributed by atoms with E-state index in [0.717, 1.165) is 10.5 Å². The van der Waals surface area contributed by atoms with E-state index in [-0.39, 0.29) is 36.6 Å². The van der Waals surface area contributed by atoms with Crippen molar-refractivity contribution in [2.75, 3.05) is 17.2 Å². The van der Waals surface area contributed by atoms with E-state index in [0.29, 0.717) is 17.0 Å². The molecule has 2 aromatic carbocycles. The van der Waals surface area contributed by atoms with Gasteiger partial charge in [-0.3, -0.25) is 19.8 Å². The van der Waals surface area contributed by atoms with Gasteiger partial charge in [-0.1, -0.05) is 36.4 Å². The Bertz CT molecular complexity index is 1170. The fourth-order valence-electron chi connectivity index (χ4n) is 3.07. The molecule has 1 aliphatic rings. The molecule has 37 heavy (non-hydrogen) atoms. The van der Waals surface area contributed by atoms with Gasteiger partial charge in [0.1, 0.15) is 18.4 Å². The number of halogens is 3. The highest BCUT2D eigenvalue weighted by Gasteiger charge is 2.38. The van der Waals surface area contributed by atoms with Gasteiger partial charge in [0.2, 0.25) is 11.8 Å². The lowest BCUT2D eigenvalue weighted by Crippen LogP contribution is -2.51. The molecule has 0 bridgehead atoms. The topological polar surface area (TPSA) is 166 Å². The summed E-state index contributed by atoms with van der Waals surface area (Å²) in [5, 5.41) is 20.0. The number of nitrogens with zero attached hydrogens (tertiary/aromatic N) is 1. The number of alkyl halides is 3. The van der Waals surface area contributed by atoms with Gasteiger partial charge in [0.15, 0.2) is 0 Å². The SMILES string of the molecule is CC(=O)N[C@H]1CSc2ccccc2N(CC(=O)NCc2ccc(C(=N)N)cc2)C1=O.O=C(O)C(F)(F)F. The number of aliphatic carboxylic acids is 1. The van der Waals surface area contributed by atoms with Gasteiger partial charge < -0.3 is 26.4 Å². The highest BCUT2D eigenvalue weighted by molar-refractivity contribution is 7.99. The molecule has 0 fully saturated rings. The third kappa shape index (κ3) is 8.83. The number of carbonyl (C=O) groups excluding carboxylic acids is 3. The number of hydrogen-bond donors (Lipinski definition) is 5. The van der Waals surface area contributed by atoms with Crippen molar-refractivity contribution in [2.45, 2.75) is 30.6 Å². The number of nitrogens with two attached hydrogens (primary N) is 1. The van der Waals surface area contributed by atoms with Gasteiger partial charge in [-0.15, -0.1) is 11.8 Å². The zero-order valence-electron chi connectivity index (χ0n) is 19.5. The number of rotatable bonds is 6. The van der Waals surface area contributed by atoms with Crippen LogP contribution in [-0.2, 0) is 25.7 Å². The summed E-state index contributed by atoms with van der Waals surface area (Å²) >= 11 is 1.47. The number of carboxylic acids is 1. The molecule has 0 saturated carbocycles. The number of fused-ring (bicyclic) bond motifs is 1. The Hall–Kier alpha value is -4.07. The van der Waals surface area contributed by atoms with Crippen molar-refractivity contribution in [2.24, 2.45) is 5.73 Å². The van der Waals surface area contributed by atoms with Gasteiger partial charge in [0.25, 0.3) is 5.91 Å². The minimum absolute atomic E-state index is 0.0180. The molecule has 0 radical (unpaired) electrons. The minimum atomic E-state index is -5.08. The summed E-state index contributed by atoms with van der Waals surface area (Å²) in [6.07, 6.45) is -5.08. The molecule has 3 rings (SSSR count). The lowest BCUT2D eigenvalue weighted by molar-refractivity contribution is -0.192. The van der Waals surface area contributed by atoms with Crippen molar-refractivity contribution >= 4 is 47.0 Å². The van der Waals surface area contributed by atoms with Gasteiger partial charge >= 0.3 is 12.1 Å². The molecule has 0 spiro atoms. The normalized spacial score (nSPS) is 14.9. The van der Waals surface area contributed by atoms with Crippen molar-refractivity contribution in [1.29, 1.82) is 5.41 Å². The summed E-state index contributed by atoms with van der Waals surface area (Å²) in [5.41, 5.74) is 7.56. The average Bonchev–Trinajstić information content (AvgIpc) is 2.95. The fraction of sp³-hybridized carbons (Fsp3) is 0.261. The largest absolute Gasteiger partial charge is 0.490 e. The third-order valence-corrected chi connectivity index (χ3v) is 5.96. The lowest BCUT2D eigenvalue weighted by atomic mass is 10.1. The van der Waals surface area contributed by atoms with E-state index in [1.54, 1.807) is 30.3 Å². The second-order valence-corrected chi connectivity index (χ2v) is 8.71. The van der Waals surface area contributed by atoms with E-state index in [2.05, 4.69) is 10.6 Å². The minimum Gasteiger partial charge on any atom is -0.475 e. The van der Waals surface area contributed by atoms with Crippen LogP contribution in [0.4, 0.5) is 18.9 Å². The number of carboxylic acid groups (broad SMARTS) is 1. The van der Waals surface area contributed by atoms with Crippen LogP contribution < -0.4 is 21.3 Å². The van der Waals surface area contributed by atoms with E-state index in [1.165, 1.54) is 23.6 Å². The predicted octanol–water partition coefficient (Wildman–Crippen LogP) is 1.86. The molecule has 6 N–H and O–H groups in total. The summed E-state index contributed by atoms with van der Waals surface area (Å²) in [5.74, 6) is -3.30. The highest BCUT2D eigenvalue weighted by atomic mass is 32.2. The molecule has 3 amide bonds. The number of para-hydroxylation sites is 1. The van der Waals surface area contributed by atoms with Crippen molar-refractivity contribution in [1.82, 2.24) is 10.6 Å². The fourth-order valence-corrected chi connectivity index (χ4v) is 4.14. The van der Waals surface area contributed by atoms with Crippen LogP contribution in [0.2, 0.25) is 0 Å². The van der Waals surface area contributed by atoms with E-state index in [4.69, 9.17) is 21.0 Å². The van der Waals surface area contributed by atoms with Crippen LogP contribution in [0.3, 0.4) is 0 Å². The molecule has 1 atom stereocenters. The summed E-state index contributed by atoms with van der Waals surface area (Å²) in [6.45, 7) is 1.49. The summed E-state index contributed by atoms with van der Waals surface area (Å²) < 4.78 is 31.7. The number of thioether (sulfide) groups is 1. The molecular formula is C23H24F3N5O5S. The second-order valence-electron chi connectivity index (χ2n) is 7.65. The molecule has 10 nitrogen and oxygen atoms in total. The summed E-state index contributed by atoms with van der Waals surface area (Å²) in [7, 11) is 0.